The van der Waals surface area contributed by atoms with Crippen LogP contribution in [0, 0.1) is 0 Å². The molecule has 2 aromatic carbocycles. The SMILES string of the molecule is CCCCOC(Cc1ccc(OCCN2COc3ccc(C(=O)CCC)cc3C2=O)cc1)C(N)=O. The summed E-state index contributed by atoms with van der Waals surface area (Å²) >= 11 is 0. The molecule has 0 fully saturated rings. The zero-order valence-corrected chi connectivity index (χ0v) is 20.5. The van der Waals surface area contributed by atoms with Gasteiger partial charge in [-0.25, -0.2) is 0 Å². The number of Topliss-reactive ketones (excluding diaryl/α,β-unsaturated/α-hetero) is 1. The third-order valence-corrected chi connectivity index (χ3v) is 5.78. The minimum atomic E-state index is -0.654. The molecule has 8 nitrogen and oxygen atoms in total. The second-order valence-corrected chi connectivity index (χ2v) is 8.54. The predicted octanol–water partition coefficient (Wildman–Crippen LogP) is 3.75. The van der Waals surface area contributed by atoms with Crippen LogP contribution in [0.2, 0.25) is 0 Å². The highest BCUT2D eigenvalue weighted by Gasteiger charge is 2.26. The molecule has 0 aromatic heterocycles. The molecule has 0 aliphatic carbocycles. The number of rotatable bonds is 14. The van der Waals surface area contributed by atoms with Crippen LogP contribution in [0.25, 0.3) is 0 Å². The fraction of sp³-hybridized carbons (Fsp3) is 0.444. The number of carbonyl (C=O) groups is 3. The van der Waals surface area contributed by atoms with Crippen molar-refractivity contribution in [3.8, 4) is 11.5 Å². The Morgan fingerprint density at radius 3 is 2.54 bits per heavy atom. The molecule has 0 bridgehead atoms. The van der Waals surface area contributed by atoms with E-state index in [1.54, 1.807) is 23.1 Å². The standard InChI is InChI=1S/C27H34N2O6/c1-3-5-14-34-25(26(28)31)16-19-7-10-21(11-8-19)33-15-13-29-18-35-24-12-9-20(23(30)6-4-2)17-22(24)27(29)32/h7-12,17,25H,3-6,13-16,18H2,1-2H3,(H2,28,31). The summed E-state index contributed by atoms with van der Waals surface area (Å²) in [6, 6.07) is 12.4. The molecule has 1 unspecified atom stereocenters. The number of nitrogens with zero attached hydrogens (tertiary/aromatic N) is 1. The smallest absolute Gasteiger partial charge is 0.260 e. The predicted molar refractivity (Wildman–Crippen MR) is 132 cm³/mol. The van der Waals surface area contributed by atoms with Gasteiger partial charge in [-0.15, -0.1) is 0 Å². The van der Waals surface area contributed by atoms with Gasteiger partial charge in [-0.2, -0.15) is 0 Å². The van der Waals surface area contributed by atoms with E-state index in [1.807, 2.05) is 31.2 Å². The van der Waals surface area contributed by atoms with Crippen LogP contribution < -0.4 is 15.2 Å². The molecule has 1 aliphatic heterocycles. The van der Waals surface area contributed by atoms with E-state index in [0.29, 0.717) is 48.6 Å². The summed E-state index contributed by atoms with van der Waals surface area (Å²) in [5, 5.41) is 0. The van der Waals surface area contributed by atoms with Crippen molar-refractivity contribution in [3.63, 3.8) is 0 Å². The Balaban J connectivity index is 1.51. The highest BCUT2D eigenvalue weighted by Crippen LogP contribution is 2.26. The lowest BCUT2D eigenvalue weighted by Gasteiger charge is -2.29. The molecular weight excluding hydrogens is 448 g/mol. The van der Waals surface area contributed by atoms with Crippen LogP contribution in [0.4, 0.5) is 0 Å². The second kappa shape index (κ2) is 12.9. The number of carbonyl (C=O) groups excluding carboxylic acids is 3. The van der Waals surface area contributed by atoms with Crippen LogP contribution >= 0.6 is 0 Å². The molecule has 2 N–H and O–H groups in total. The average Bonchev–Trinajstić information content (AvgIpc) is 2.86. The van der Waals surface area contributed by atoms with Crippen molar-refractivity contribution in [1.29, 1.82) is 0 Å². The van der Waals surface area contributed by atoms with Crippen LogP contribution in [-0.2, 0) is 16.0 Å². The van der Waals surface area contributed by atoms with Gasteiger partial charge in [0.2, 0.25) is 5.91 Å². The molecule has 2 aromatic rings. The molecule has 2 amide bonds. The maximum Gasteiger partial charge on any atom is 0.260 e. The van der Waals surface area contributed by atoms with Crippen molar-refractivity contribution in [1.82, 2.24) is 4.90 Å². The van der Waals surface area contributed by atoms with E-state index >= 15 is 0 Å². The Bertz CT molecular complexity index is 1020. The molecule has 1 atom stereocenters. The van der Waals surface area contributed by atoms with Gasteiger partial charge in [0.15, 0.2) is 12.5 Å². The highest BCUT2D eigenvalue weighted by atomic mass is 16.5. The highest BCUT2D eigenvalue weighted by molar-refractivity contribution is 6.02. The number of nitrogens with two attached hydrogens (primary N) is 1. The van der Waals surface area contributed by atoms with Crippen molar-refractivity contribution in [2.75, 3.05) is 26.5 Å². The number of hydrogen-bond acceptors (Lipinski definition) is 6. The van der Waals surface area contributed by atoms with Crippen molar-refractivity contribution in [3.05, 3.63) is 59.2 Å². The van der Waals surface area contributed by atoms with Crippen molar-refractivity contribution in [2.45, 2.75) is 52.1 Å². The average molecular weight is 483 g/mol. The number of primary amides is 1. The monoisotopic (exact) mass is 482 g/mol. The van der Waals surface area contributed by atoms with Gasteiger partial charge in [-0.1, -0.05) is 32.4 Å². The van der Waals surface area contributed by atoms with Crippen LogP contribution in [0.5, 0.6) is 11.5 Å². The Morgan fingerprint density at radius 1 is 1.09 bits per heavy atom. The van der Waals surface area contributed by atoms with Crippen LogP contribution in [0.3, 0.4) is 0 Å². The zero-order chi connectivity index (χ0) is 25.2. The molecule has 0 saturated heterocycles. The van der Waals surface area contributed by atoms with Gasteiger partial charge in [0.1, 0.15) is 24.2 Å². The first kappa shape index (κ1) is 26.2. The molecule has 0 spiro atoms. The topological polar surface area (TPSA) is 108 Å². The number of unbranched alkanes of at least 4 members (excludes halogenated alkanes) is 1. The van der Waals surface area contributed by atoms with Crippen LogP contribution in [0.15, 0.2) is 42.5 Å². The fourth-order valence-electron chi connectivity index (χ4n) is 3.73. The van der Waals surface area contributed by atoms with Gasteiger partial charge >= 0.3 is 0 Å². The maximum atomic E-state index is 12.9. The van der Waals surface area contributed by atoms with Gasteiger partial charge < -0.3 is 24.8 Å². The third kappa shape index (κ3) is 7.29. The minimum Gasteiger partial charge on any atom is -0.492 e. The lowest BCUT2D eigenvalue weighted by molar-refractivity contribution is -0.129. The van der Waals surface area contributed by atoms with E-state index in [2.05, 4.69) is 6.92 Å². The molecule has 8 heteroatoms. The first-order valence-corrected chi connectivity index (χ1v) is 12.1. The Labute approximate surface area is 206 Å². The molecule has 35 heavy (non-hydrogen) atoms. The molecule has 0 saturated carbocycles. The summed E-state index contributed by atoms with van der Waals surface area (Å²) in [7, 11) is 0. The molecular formula is C27H34N2O6. The van der Waals surface area contributed by atoms with E-state index in [0.717, 1.165) is 24.8 Å². The fourth-order valence-corrected chi connectivity index (χ4v) is 3.73. The zero-order valence-electron chi connectivity index (χ0n) is 20.5. The number of ether oxygens (including phenoxy) is 3. The Hall–Kier alpha value is -3.39. The summed E-state index contributed by atoms with van der Waals surface area (Å²) in [4.78, 5) is 38.3. The quantitative estimate of drug-likeness (QED) is 0.325. The first-order valence-electron chi connectivity index (χ1n) is 12.1. The van der Waals surface area contributed by atoms with Gasteiger partial charge in [0, 0.05) is 25.0 Å². The molecule has 188 valence electrons. The summed E-state index contributed by atoms with van der Waals surface area (Å²) in [6.07, 6.45) is 2.81. The second-order valence-electron chi connectivity index (χ2n) is 8.54. The summed E-state index contributed by atoms with van der Waals surface area (Å²) < 4.78 is 17.1. The van der Waals surface area contributed by atoms with Gasteiger partial charge in [-0.3, -0.25) is 14.4 Å². The van der Waals surface area contributed by atoms with Crippen LogP contribution in [-0.4, -0.2) is 55.1 Å². The largest absolute Gasteiger partial charge is 0.492 e. The van der Waals surface area contributed by atoms with Gasteiger partial charge in [0.25, 0.3) is 5.91 Å². The maximum absolute atomic E-state index is 12.9. The molecule has 3 rings (SSSR count). The number of benzene rings is 2. The third-order valence-electron chi connectivity index (χ3n) is 5.78. The van der Waals surface area contributed by atoms with E-state index in [-0.39, 0.29) is 25.0 Å². The van der Waals surface area contributed by atoms with E-state index in [4.69, 9.17) is 19.9 Å². The molecule has 1 heterocycles. The van der Waals surface area contributed by atoms with Crippen LogP contribution in [0.1, 0.15) is 65.8 Å². The summed E-state index contributed by atoms with van der Waals surface area (Å²) in [5.41, 5.74) is 7.30. The first-order chi connectivity index (χ1) is 16.9. The van der Waals surface area contributed by atoms with Crippen molar-refractivity contribution >= 4 is 17.6 Å². The lowest BCUT2D eigenvalue weighted by Crippen LogP contribution is -2.41. The number of amides is 2. The number of ketones is 1. The van der Waals surface area contributed by atoms with Crippen molar-refractivity contribution < 1.29 is 28.6 Å². The van der Waals surface area contributed by atoms with E-state index < -0.39 is 12.0 Å². The summed E-state index contributed by atoms with van der Waals surface area (Å²) in [6.45, 7) is 5.25. The van der Waals surface area contributed by atoms with E-state index in [9.17, 15) is 14.4 Å². The normalized spacial score (nSPS) is 13.7. The van der Waals surface area contributed by atoms with Gasteiger partial charge in [-0.05, 0) is 48.7 Å². The van der Waals surface area contributed by atoms with Gasteiger partial charge in [0.05, 0.1) is 12.1 Å². The van der Waals surface area contributed by atoms with E-state index in [1.165, 1.54) is 0 Å². The Morgan fingerprint density at radius 2 is 1.86 bits per heavy atom. The lowest BCUT2D eigenvalue weighted by atomic mass is 10.0. The number of hydrogen-bond donors (Lipinski definition) is 1. The molecule has 0 radical (unpaired) electrons. The van der Waals surface area contributed by atoms with Crippen molar-refractivity contribution in [2.24, 2.45) is 5.73 Å². The Kier molecular flexibility index (Phi) is 9.66. The summed E-state index contributed by atoms with van der Waals surface area (Å²) in [5.74, 6) is 0.495. The molecule has 1 aliphatic rings. The minimum absolute atomic E-state index is 0.0154. The number of fused-ring (bicyclic) bond motifs is 1.